The lowest BCUT2D eigenvalue weighted by Gasteiger charge is -2.35. The van der Waals surface area contributed by atoms with Crippen molar-refractivity contribution < 1.29 is 18.3 Å². The molecular formula is C17H27N3O4S. The fraction of sp³-hybridized carbons (Fsp3) is 0.588. The van der Waals surface area contributed by atoms with Gasteiger partial charge < -0.3 is 14.9 Å². The zero-order chi connectivity index (χ0) is 18.6. The van der Waals surface area contributed by atoms with Gasteiger partial charge >= 0.3 is 5.97 Å². The van der Waals surface area contributed by atoms with E-state index in [0.29, 0.717) is 19.1 Å². The van der Waals surface area contributed by atoms with Crippen LogP contribution in [0.15, 0.2) is 29.2 Å². The number of hydrogen-bond donors (Lipinski definition) is 1. The van der Waals surface area contributed by atoms with E-state index in [-0.39, 0.29) is 10.5 Å². The van der Waals surface area contributed by atoms with Crippen molar-refractivity contribution in [2.75, 3.05) is 47.3 Å². The number of carbonyl (C=O) groups is 1. The number of likely N-dealkylation sites (tertiary alicyclic amines) is 1. The number of hydrogen-bond acceptors (Lipinski definition) is 5. The smallest absolute Gasteiger partial charge is 0.335 e. The molecule has 1 aliphatic heterocycles. The van der Waals surface area contributed by atoms with Gasteiger partial charge in [0.15, 0.2) is 0 Å². The van der Waals surface area contributed by atoms with Gasteiger partial charge in [-0.25, -0.2) is 13.2 Å². The van der Waals surface area contributed by atoms with Gasteiger partial charge in [-0.2, -0.15) is 4.31 Å². The van der Waals surface area contributed by atoms with Crippen LogP contribution in [-0.2, 0) is 10.0 Å². The first-order valence-electron chi connectivity index (χ1n) is 8.40. The fourth-order valence-corrected chi connectivity index (χ4v) is 4.15. The van der Waals surface area contributed by atoms with E-state index in [4.69, 9.17) is 5.11 Å². The number of carboxylic acid groups (broad SMARTS) is 1. The predicted octanol–water partition coefficient (Wildman–Crippen LogP) is 1.03. The van der Waals surface area contributed by atoms with E-state index >= 15 is 0 Å². The summed E-state index contributed by atoms with van der Waals surface area (Å²) in [4.78, 5) is 15.5. The zero-order valence-electron chi connectivity index (χ0n) is 15.1. The van der Waals surface area contributed by atoms with Crippen molar-refractivity contribution in [3.63, 3.8) is 0 Å². The number of likely N-dealkylation sites (N-methyl/N-ethyl adjacent to an activating group) is 2. The summed E-state index contributed by atoms with van der Waals surface area (Å²) in [7, 11) is 2.10. The maximum Gasteiger partial charge on any atom is 0.335 e. The largest absolute Gasteiger partial charge is 0.478 e. The molecule has 7 nitrogen and oxygen atoms in total. The van der Waals surface area contributed by atoms with Crippen molar-refractivity contribution in [1.82, 2.24) is 14.1 Å². The molecule has 0 aromatic heterocycles. The Morgan fingerprint density at radius 3 is 2.24 bits per heavy atom. The molecule has 1 aromatic rings. The minimum Gasteiger partial charge on any atom is -0.478 e. The summed E-state index contributed by atoms with van der Waals surface area (Å²) in [6.07, 6.45) is 2.19. The Morgan fingerprint density at radius 2 is 1.72 bits per heavy atom. The van der Waals surface area contributed by atoms with Crippen LogP contribution in [-0.4, -0.2) is 87.0 Å². The van der Waals surface area contributed by atoms with E-state index in [1.807, 2.05) is 7.05 Å². The number of piperidine rings is 1. The Hall–Kier alpha value is -1.48. The van der Waals surface area contributed by atoms with E-state index in [9.17, 15) is 13.2 Å². The summed E-state index contributed by atoms with van der Waals surface area (Å²) in [5.74, 6) is -1.07. The van der Waals surface area contributed by atoms with Crippen LogP contribution in [0.5, 0.6) is 0 Å². The van der Waals surface area contributed by atoms with Gasteiger partial charge in [-0.15, -0.1) is 0 Å². The Balaban J connectivity index is 1.94. The zero-order valence-corrected chi connectivity index (χ0v) is 15.9. The lowest BCUT2D eigenvalue weighted by atomic mass is 10.0. The van der Waals surface area contributed by atoms with Gasteiger partial charge in [-0.05, 0) is 64.3 Å². The molecule has 1 heterocycles. The fourth-order valence-electron chi connectivity index (χ4n) is 2.99. The quantitative estimate of drug-likeness (QED) is 0.773. The molecular weight excluding hydrogens is 342 g/mol. The molecule has 0 saturated carbocycles. The third-order valence-corrected chi connectivity index (χ3v) is 6.76. The molecule has 1 aliphatic rings. The van der Waals surface area contributed by atoms with Crippen molar-refractivity contribution >= 4 is 16.0 Å². The molecule has 140 valence electrons. The summed E-state index contributed by atoms with van der Waals surface area (Å²) in [6, 6.07) is 5.80. The first-order chi connectivity index (χ1) is 11.7. The minimum atomic E-state index is -3.61. The first kappa shape index (κ1) is 19.8. The molecule has 0 bridgehead atoms. The summed E-state index contributed by atoms with van der Waals surface area (Å²) >= 11 is 0. The highest BCUT2D eigenvalue weighted by molar-refractivity contribution is 7.89. The number of carboxylic acids is 1. The Labute approximate surface area is 149 Å². The molecule has 0 unspecified atom stereocenters. The van der Waals surface area contributed by atoms with Crippen LogP contribution >= 0.6 is 0 Å². The SMILES string of the molecule is CN1CCC(N(C)CCN(C)S(=O)(=O)c2ccc(C(=O)O)cc2)CC1. The molecule has 0 radical (unpaired) electrons. The molecule has 2 rings (SSSR count). The van der Waals surface area contributed by atoms with Crippen LogP contribution < -0.4 is 0 Å². The van der Waals surface area contributed by atoms with E-state index < -0.39 is 16.0 Å². The van der Waals surface area contributed by atoms with Crippen molar-refractivity contribution in [3.8, 4) is 0 Å². The van der Waals surface area contributed by atoms with Gasteiger partial charge in [-0.1, -0.05) is 0 Å². The maximum atomic E-state index is 12.6. The van der Waals surface area contributed by atoms with Gasteiger partial charge in [0.1, 0.15) is 0 Å². The predicted molar refractivity (Wildman–Crippen MR) is 96.4 cm³/mol. The molecule has 1 aromatic carbocycles. The Bertz CT molecular complexity index is 682. The third kappa shape index (κ3) is 5.01. The van der Waals surface area contributed by atoms with Gasteiger partial charge in [0, 0.05) is 26.2 Å². The molecule has 25 heavy (non-hydrogen) atoms. The first-order valence-corrected chi connectivity index (χ1v) is 9.84. The monoisotopic (exact) mass is 369 g/mol. The second-order valence-electron chi connectivity index (χ2n) is 6.67. The molecule has 0 amide bonds. The van der Waals surface area contributed by atoms with Gasteiger partial charge in [-0.3, -0.25) is 0 Å². The topological polar surface area (TPSA) is 81.2 Å². The molecule has 0 atom stereocenters. The molecule has 1 fully saturated rings. The van der Waals surface area contributed by atoms with E-state index in [2.05, 4.69) is 16.8 Å². The lowest BCUT2D eigenvalue weighted by Crippen LogP contribution is -2.44. The van der Waals surface area contributed by atoms with Gasteiger partial charge in [0.2, 0.25) is 10.0 Å². The standard InChI is InChI=1S/C17H27N3O4S/c1-18-10-8-15(9-11-18)19(2)12-13-20(3)25(23,24)16-6-4-14(5-7-16)17(21)22/h4-7,15H,8-13H2,1-3H3,(H,21,22). The van der Waals surface area contributed by atoms with Crippen LogP contribution in [0.25, 0.3) is 0 Å². The van der Waals surface area contributed by atoms with Crippen LogP contribution in [0.1, 0.15) is 23.2 Å². The molecule has 8 heteroatoms. The highest BCUT2D eigenvalue weighted by Gasteiger charge is 2.24. The Morgan fingerprint density at radius 1 is 1.16 bits per heavy atom. The third-order valence-electron chi connectivity index (χ3n) is 4.89. The van der Waals surface area contributed by atoms with Crippen LogP contribution in [0.3, 0.4) is 0 Å². The number of nitrogens with zero attached hydrogens (tertiary/aromatic N) is 3. The van der Waals surface area contributed by atoms with Gasteiger partial charge in [0.25, 0.3) is 0 Å². The lowest BCUT2D eigenvalue weighted by molar-refractivity contribution is 0.0696. The summed E-state index contributed by atoms with van der Waals surface area (Å²) < 4.78 is 26.5. The summed E-state index contributed by atoms with van der Waals surface area (Å²) in [5, 5.41) is 8.90. The number of rotatable bonds is 7. The highest BCUT2D eigenvalue weighted by atomic mass is 32.2. The minimum absolute atomic E-state index is 0.0728. The number of benzene rings is 1. The van der Waals surface area contributed by atoms with Crippen molar-refractivity contribution in [2.24, 2.45) is 0 Å². The van der Waals surface area contributed by atoms with Crippen molar-refractivity contribution in [3.05, 3.63) is 29.8 Å². The highest BCUT2D eigenvalue weighted by Crippen LogP contribution is 2.17. The van der Waals surface area contributed by atoms with Crippen molar-refractivity contribution in [1.29, 1.82) is 0 Å². The molecule has 0 spiro atoms. The normalized spacial score (nSPS) is 17.3. The van der Waals surface area contributed by atoms with E-state index in [0.717, 1.165) is 25.9 Å². The van der Waals surface area contributed by atoms with Crippen LogP contribution in [0, 0.1) is 0 Å². The Kier molecular flexibility index (Phi) is 6.56. The van der Waals surface area contributed by atoms with E-state index in [1.165, 1.54) is 28.6 Å². The molecule has 1 saturated heterocycles. The van der Waals surface area contributed by atoms with Crippen molar-refractivity contribution in [2.45, 2.75) is 23.8 Å². The number of sulfonamides is 1. The van der Waals surface area contributed by atoms with Gasteiger partial charge in [0.05, 0.1) is 10.5 Å². The second-order valence-corrected chi connectivity index (χ2v) is 8.72. The maximum absolute atomic E-state index is 12.6. The van der Waals surface area contributed by atoms with E-state index in [1.54, 1.807) is 7.05 Å². The molecule has 0 aliphatic carbocycles. The average Bonchev–Trinajstić information content (AvgIpc) is 2.59. The van der Waals surface area contributed by atoms with Crippen LogP contribution in [0.4, 0.5) is 0 Å². The van der Waals surface area contributed by atoms with Crippen LogP contribution in [0.2, 0.25) is 0 Å². The molecule has 1 N–H and O–H groups in total. The number of aromatic carboxylic acids is 1. The second kappa shape index (κ2) is 8.27. The summed E-state index contributed by atoms with van der Waals surface area (Å²) in [5.41, 5.74) is 0.0728. The summed E-state index contributed by atoms with van der Waals surface area (Å²) in [6.45, 7) is 3.20. The average molecular weight is 369 g/mol.